The maximum Gasteiger partial charge on any atom is 0.0406 e. The molecule has 0 bridgehead atoms. The van der Waals surface area contributed by atoms with Gasteiger partial charge >= 0.3 is 0 Å². The zero-order valence-electron chi connectivity index (χ0n) is 13.8. The Balaban J connectivity index is 1.75. The highest BCUT2D eigenvalue weighted by Crippen LogP contribution is 2.51. The normalized spacial score (nSPS) is 12.2. The molecule has 0 aliphatic heterocycles. The number of hydrogen-bond acceptors (Lipinski definition) is 0. The molecule has 0 radical (unpaired) electrons. The Bertz CT molecular complexity index is 1080. The summed E-state index contributed by atoms with van der Waals surface area (Å²) in [5, 5.41) is 4.03. The first-order valence-electron chi connectivity index (χ1n) is 8.50. The third kappa shape index (κ3) is 2.63. The van der Waals surface area contributed by atoms with Crippen LogP contribution < -0.4 is 0 Å². The molecule has 124 valence electrons. The van der Waals surface area contributed by atoms with Gasteiger partial charge in [0.15, 0.2) is 0 Å². The predicted octanol–water partition coefficient (Wildman–Crippen LogP) is 7.47. The molecule has 0 saturated carbocycles. The van der Waals surface area contributed by atoms with E-state index in [1.807, 2.05) is 24.3 Å². The molecule has 5 rings (SSSR count). The van der Waals surface area contributed by atoms with Gasteiger partial charge in [0.05, 0.1) is 0 Å². The van der Waals surface area contributed by atoms with Crippen molar-refractivity contribution in [2.45, 2.75) is 0 Å². The maximum absolute atomic E-state index is 6.10. The van der Waals surface area contributed by atoms with Crippen LogP contribution in [0.4, 0.5) is 0 Å². The van der Waals surface area contributed by atoms with Crippen LogP contribution in [0.3, 0.4) is 0 Å². The summed E-state index contributed by atoms with van der Waals surface area (Å²) in [6.45, 7) is 0. The van der Waals surface area contributed by atoms with Crippen LogP contribution in [-0.4, -0.2) is 0 Å². The highest BCUT2D eigenvalue weighted by Gasteiger charge is 2.30. The van der Waals surface area contributed by atoms with Gasteiger partial charge in [-0.3, -0.25) is 0 Å². The molecule has 1 aliphatic rings. The zero-order valence-corrected chi connectivity index (χ0v) is 15.4. The molecule has 2 heteroatoms. The molecule has 1 aliphatic carbocycles. The Morgan fingerprint density at radius 2 is 0.962 bits per heavy atom. The Labute approximate surface area is 162 Å². The average molecular weight is 373 g/mol. The van der Waals surface area contributed by atoms with E-state index >= 15 is 0 Å². The second-order valence-electron chi connectivity index (χ2n) is 6.51. The molecule has 0 spiro atoms. The van der Waals surface area contributed by atoms with E-state index in [9.17, 15) is 0 Å². The van der Waals surface area contributed by atoms with E-state index in [4.69, 9.17) is 23.2 Å². The van der Waals surface area contributed by atoms with Crippen molar-refractivity contribution < 1.29 is 0 Å². The van der Waals surface area contributed by atoms with E-state index < -0.39 is 0 Å². The first-order valence-corrected chi connectivity index (χ1v) is 9.26. The first-order chi connectivity index (χ1) is 12.7. The summed E-state index contributed by atoms with van der Waals surface area (Å²) in [6, 6.07) is 29.1. The summed E-state index contributed by atoms with van der Waals surface area (Å²) in [5.74, 6) is 0. The summed E-state index contributed by atoms with van der Waals surface area (Å²) in [4.78, 5) is 0. The molecule has 4 aromatic carbocycles. The van der Waals surface area contributed by atoms with E-state index in [1.54, 1.807) is 0 Å². The standard InChI is InChI=1S/C24H14Cl2/c25-19-9-5-15(6-10-19)23(16-7-11-20(26)12-8-16)24-21-13-17-3-1-2-4-18(17)14-22(21)24/h1-14H. The van der Waals surface area contributed by atoms with Gasteiger partial charge in [-0.1, -0.05) is 71.7 Å². The lowest BCUT2D eigenvalue weighted by Crippen LogP contribution is -1.88. The molecule has 0 unspecified atom stereocenters. The van der Waals surface area contributed by atoms with Crippen LogP contribution in [0.15, 0.2) is 84.9 Å². The van der Waals surface area contributed by atoms with Crippen molar-refractivity contribution in [3.63, 3.8) is 0 Å². The third-order valence-corrected chi connectivity index (χ3v) is 5.38. The van der Waals surface area contributed by atoms with Gasteiger partial charge < -0.3 is 0 Å². The lowest BCUT2D eigenvalue weighted by atomic mass is 9.96. The first kappa shape index (κ1) is 15.7. The fourth-order valence-electron chi connectivity index (χ4n) is 3.56. The Hall–Kier alpha value is -2.54. The molecule has 0 N–H and O–H groups in total. The van der Waals surface area contributed by atoms with Crippen molar-refractivity contribution in [1.29, 1.82) is 0 Å². The molecule has 0 atom stereocenters. The zero-order chi connectivity index (χ0) is 17.7. The fraction of sp³-hybridized carbons (Fsp3) is 0. The molecule has 0 fully saturated rings. The minimum atomic E-state index is 0.744. The lowest BCUT2D eigenvalue weighted by molar-refractivity contribution is 1.56. The summed E-state index contributed by atoms with van der Waals surface area (Å²) in [7, 11) is 0. The average Bonchev–Trinajstić information content (AvgIpc) is 3.35. The van der Waals surface area contributed by atoms with Crippen molar-refractivity contribution in [3.8, 4) is 0 Å². The molecular formula is C24H14Cl2. The number of benzene rings is 4. The summed E-state index contributed by atoms with van der Waals surface area (Å²) >= 11 is 12.2. The van der Waals surface area contributed by atoms with Crippen molar-refractivity contribution in [2.75, 3.05) is 0 Å². The topological polar surface area (TPSA) is 0 Å². The molecular weight excluding hydrogens is 359 g/mol. The molecule has 0 aromatic heterocycles. The molecule has 0 nitrogen and oxygen atoms in total. The molecule has 0 amide bonds. The van der Waals surface area contributed by atoms with Crippen LogP contribution in [0.2, 0.25) is 10.0 Å². The number of fused-ring (bicyclic) bond motifs is 2. The van der Waals surface area contributed by atoms with Gasteiger partial charge in [-0.05, 0) is 80.6 Å². The minimum Gasteiger partial charge on any atom is -0.0843 e. The van der Waals surface area contributed by atoms with Crippen LogP contribution in [-0.2, 0) is 0 Å². The van der Waals surface area contributed by atoms with Gasteiger partial charge in [0.2, 0.25) is 0 Å². The second kappa shape index (κ2) is 6.02. The Kier molecular flexibility index (Phi) is 3.63. The lowest BCUT2D eigenvalue weighted by Gasteiger charge is -2.09. The molecule has 0 saturated heterocycles. The van der Waals surface area contributed by atoms with Gasteiger partial charge in [-0.25, -0.2) is 0 Å². The van der Waals surface area contributed by atoms with Crippen LogP contribution in [0.1, 0.15) is 22.3 Å². The van der Waals surface area contributed by atoms with Crippen LogP contribution in [0.25, 0.3) is 21.9 Å². The monoisotopic (exact) mass is 372 g/mol. The Morgan fingerprint density at radius 3 is 1.38 bits per heavy atom. The number of rotatable bonds is 2. The van der Waals surface area contributed by atoms with Crippen molar-refractivity contribution in [1.82, 2.24) is 0 Å². The predicted molar refractivity (Wildman–Crippen MR) is 112 cm³/mol. The van der Waals surface area contributed by atoms with E-state index in [0.29, 0.717) is 0 Å². The van der Waals surface area contributed by atoms with E-state index in [0.717, 1.165) is 21.2 Å². The third-order valence-electron chi connectivity index (χ3n) is 4.88. The maximum atomic E-state index is 6.10. The molecule has 0 heterocycles. The highest BCUT2D eigenvalue weighted by molar-refractivity contribution is 6.31. The van der Waals surface area contributed by atoms with Gasteiger partial charge in [0.1, 0.15) is 0 Å². The summed E-state index contributed by atoms with van der Waals surface area (Å²) in [6.07, 6.45) is 0. The second-order valence-corrected chi connectivity index (χ2v) is 7.38. The number of halogens is 2. The molecule has 4 aromatic rings. The van der Waals surface area contributed by atoms with Gasteiger partial charge in [0, 0.05) is 10.0 Å². The van der Waals surface area contributed by atoms with Crippen molar-refractivity contribution in [2.24, 2.45) is 0 Å². The molecule has 26 heavy (non-hydrogen) atoms. The van der Waals surface area contributed by atoms with E-state index in [1.165, 1.54) is 33.0 Å². The van der Waals surface area contributed by atoms with Gasteiger partial charge in [-0.15, -0.1) is 0 Å². The Morgan fingerprint density at radius 1 is 0.538 bits per heavy atom. The van der Waals surface area contributed by atoms with Crippen molar-refractivity contribution >= 4 is 45.1 Å². The van der Waals surface area contributed by atoms with E-state index in [2.05, 4.69) is 60.7 Å². The SMILES string of the molecule is Clc1ccc(C(=C2c3cc4ccccc4cc32)c2ccc(Cl)cc2)cc1. The largest absolute Gasteiger partial charge is 0.0843 e. The summed E-state index contributed by atoms with van der Waals surface area (Å²) < 4.78 is 0. The van der Waals surface area contributed by atoms with Crippen LogP contribution >= 0.6 is 23.2 Å². The smallest absolute Gasteiger partial charge is 0.0406 e. The van der Waals surface area contributed by atoms with Crippen LogP contribution in [0.5, 0.6) is 0 Å². The van der Waals surface area contributed by atoms with Crippen LogP contribution in [0, 0.1) is 0 Å². The fourth-order valence-corrected chi connectivity index (χ4v) is 3.81. The summed E-state index contributed by atoms with van der Waals surface area (Å²) in [5.41, 5.74) is 7.50. The minimum absolute atomic E-state index is 0.744. The highest BCUT2D eigenvalue weighted by atomic mass is 35.5. The van der Waals surface area contributed by atoms with E-state index in [-0.39, 0.29) is 0 Å². The number of hydrogen-bond donors (Lipinski definition) is 0. The quantitative estimate of drug-likeness (QED) is 0.301. The van der Waals surface area contributed by atoms with Gasteiger partial charge in [-0.2, -0.15) is 0 Å². The van der Waals surface area contributed by atoms with Gasteiger partial charge in [0.25, 0.3) is 0 Å². The van der Waals surface area contributed by atoms with Crippen molar-refractivity contribution in [3.05, 3.63) is 117 Å².